The van der Waals surface area contributed by atoms with E-state index in [0.29, 0.717) is 36.1 Å². The molecule has 0 radical (unpaired) electrons. The van der Waals surface area contributed by atoms with Crippen molar-refractivity contribution in [1.29, 1.82) is 0 Å². The van der Waals surface area contributed by atoms with Gasteiger partial charge in [-0.1, -0.05) is 0 Å². The molecule has 0 aromatic carbocycles. The van der Waals surface area contributed by atoms with Crippen molar-refractivity contribution in [2.75, 3.05) is 24.6 Å². The Labute approximate surface area is 131 Å². The van der Waals surface area contributed by atoms with E-state index < -0.39 is 10.0 Å². The van der Waals surface area contributed by atoms with E-state index in [9.17, 15) is 8.42 Å². The summed E-state index contributed by atoms with van der Waals surface area (Å²) in [6, 6.07) is 2.20. The molecule has 0 unspecified atom stereocenters. The lowest BCUT2D eigenvalue weighted by Gasteiger charge is -2.24. The third-order valence-corrected chi connectivity index (χ3v) is 7.13. The summed E-state index contributed by atoms with van der Waals surface area (Å²) in [4.78, 5) is 0.247. The third-order valence-electron chi connectivity index (χ3n) is 3.44. The van der Waals surface area contributed by atoms with Gasteiger partial charge in [0.2, 0.25) is 10.0 Å². The van der Waals surface area contributed by atoms with Crippen LogP contribution < -0.4 is 5.32 Å². The lowest BCUT2D eigenvalue weighted by molar-refractivity contribution is 0.436. The van der Waals surface area contributed by atoms with Gasteiger partial charge >= 0.3 is 0 Å². The summed E-state index contributed by atoms with van der Waals surface area (Å²) in [7, 11) is -3.44. The smallest absolute Gasteiger partial charge is 0.247 e. The molecule has 1 N–H and O–H groups in total. The first kappa shape index (κ1) is 14.9. The largest absolute Gasteiger partial charge is 0.452 e. The molecule has 112 valence electrons. The maximum Gasteiger partial charge on any atom is 0.247 e. The highest BCUT2D eigenvalue weighted by atomic mass is 79.9. The number of halogens is 1. The van der Waals surface area contributed by atoms with Crippen molar-refractivity contribution >= 4 is 37.7 Å². The van der Waals surface area contributed by atoms with Crippen LogP contribution >= 0.6 is 27.7 Å². The Morgan fingerprint density at radius 3 is 2.75 bits per heavy atom. The Hall–Kier alpha value is -0.0200. The van der Waals surface area contributed by atoms with Crippen LogP contribution in [0.2, 0.25) is 0 Å². The average molecular weight is 381 g/mol. The summed E-state index contributed by atoms with van der Waals surface area (Å²) in [5.74, 6) is 2.36. The highest BCUT2D eigenvalue weighted by Crippen LogP contribution is 2.30. The van der Waals surface area contributed by atoms with Crippen LogP contribution in [0.4, 0.5) is 0 Å². The fourth-order valence-corrected chi connectivity index (χ4v) is 5.66. The van der Waals surface area contributed by atoms with Crippen molar-refractivity contribution in [3.8, 4) is 0 Å². The van der Waals surface area contributed by atoms with Gasteiger partial charge in [-0.2, -0.15) is 16.1 Å². The van der Waals surface area contributed by atoms with E-state index in [-0.39, 0.29) is 4.90 Å². The van der Waals surface area contributed by atoms with Gasteiger partial charge in [0.1, 0.15) is 10.7 Å². The van der Waals surface area contributed by atoms with E-state index >= 15 is 0 Å². The third kappa shape index (κ3) is 3.24. The van der Waals surface area contributed by atoms with Gasteiger partial charge in [-0.3, -0.25) is 0 Å². The van der Waals surface area contributed by atoms with Crippen molar-refractivity contribution in [2.45, 2.75) is 30.3 Å². The molecule has 1 saturated carbocycles. The van der Waals surface area contributed by atoms with E-state index in [0.717, 1.165) is 11.5 Å². The molecular formula is C12H17BrN2O3S2. The standard InChI is InChI=1S/C12H17BrN2O3S2/c13-12-11(7-10(18-12)8-14-9-1-2-9)20(16,17)15-3-5-19-6-4-15/h7,9,14H,1-6,8H2. The van der Waals surface area contributed by atoms with Crippen LogP contribution in [0.15, 0.2) is 20.0 Å². The van der Waals surface area contributed by atoms with Crippen LogP contribution in [0.3, 0.4) is 0 Å². The van der Waals surface area contributed by atoms with Crippen LogP contribution in [0.25, 0.3) is 0 Å². The van der Waals surface area contributed by atoms with Crippen molar-refractivity contribution in [2.24, 2.45) is 0 Å². The van der Waals surface area contributed by atoms with Gasteiger partial charge in [0.15, 0.2) is 4.67 Å². The number of thioether (sulfide) groups is 1. The van der Waals surface area contributed by atoms with Crippen molar-refractivity contribution in [3.05, 3.63) is 16.5 Å². The maximum absolute atomic E-state index is 12.6. The minimum absolute atomic E-state index is 0.247. The number of furan rings is 1. The zero-order chi connectivity index (χ0) is 14.2. The predicted octanol–water partition coefficient (Wildman–Crippen LogP) is 2.03. The molecule has 8 heteroatoms. The molecule has 1 aliphatic carbocycles. The molecule has 0 bridgehead atoms. The molecule has 3 rings (SSSR count). The normalized spacial score (nSPS) is 21.2. The van der Waals surface area contributed by atoms with Crippen molar-refractivity contribution in [3.63, 3.8) is 0 Å². The van der Waals surface area contributed by atoms with Gasteiger partial charge in [0.05, 0.1) is 6.54 Å². The summed E-state index contributed by atoms with van der Waals surface area (Å²) in [6.45, 7) is 1.72. The molecular weight excluding hydrogens is 364 g/mol. The lowest BCUT2D eigenvalue weighted by atomic mass is 10.4. The van der Waals surface area contributed by atoms with Gasteiger partial charge in [-0.25, -0.2) is 8.42 Å². The second-order valence-corrected chi connectivity index (χ2v) is 8.87. The fourth-order valence-electron chi connectivity index (χ4n) is 2.12. The minimum atomic E-state index is -3.44. The summed E-state index contributed by atoms with van der Waals surface area (Å²) >= 11 is 5.02. The van der Waals surface area contributed by atoms with Crippen LogP contribution in [-0.2, 0) is 16.6 Å². The van der Waals surface area contributed by atoms with E-state index in [2.05, 4.69) is 21.2 Å². The molecule has 2 heterocycles. The van der Waals surface area contributed by atoms with Gasteiger partial charge in [0, 0.05) is 36.7 Å². The monoisotopic (exact) mass is 380 g/mol. The quantitative estimate of drug-likeness (QED) is 0.846. The Bertz CT molecular complexity index is 578. The molecule has 2 aliphatic rings. The Morgan fingerprint density at radius 2 is 2.10 bits per heavy atom. The predicted molar refractivity (Wildman–Crippen MR) is 82.4 cm³/mol. The summed E-state index contributed by atoms with van der Waals surface area (Å²) in [5, 5.41) is 3.32. The first-order chi connectivity index (χ1) is 9.57. The number of hydrogen-bond acceptors (Lipinski definition) is 5. The Kier molecular flexibility index (Phi) is 4.47. The van der Waals surface area contributed by atoms with E-state index in [4.69, 9.17) is 4.42 Å². The molecule has 0 spiro atoms. The van der Waals surface area contributed by atoms with Crippen LogP contribution in [0.5, 0.6) is 0 Å². The van der Waals surface area contributed by atoms with Crippen LogP contribution in [0.1, 0.15) is 18.6 Å². The molecule has 2 fully saturated rings. The lowest BCUT2D eigenvalue weighted by Crippen LogP contribution is -2.37. The number of rotatable bonds is 5. The second-order valence-electron chi connectivity index (χ2n) is 5.02. The highest BCUT2D eigenvalue weighted by Gasteiger charge is 2.31. The van der Waals surface area contributed by atoms with Gasteiger partial charge in [-0.15, -0.1) is 0 Å². The molecule has 0 amide bonds. The topological polar surface area (TPSA) is 62.6 Å². The molecule has 1 aromatic heterocycles. The molecule has 1 saturated heterocycles. The number of sulfonamides is 1. The van der Waals surface area contributed by atoms with Gasteiger partial charge in [-0.05, 0) is 28.8 Å². The van der Waals surface area contributed by atoms with Gasteiger partial charge < -0.3 is 9.73 Å². The fraction of sp³-hybridized carbons (Fsp3) is 0.667. The number of nitrogens with one attached hydrogen (secondary N) is 1. The summed E-state index contributed by atoms with van der Waals surface area (Å²) < 4.78 is 32.5. The molecule has 0 atom stereocenters. The summed E-state index contributed by atoms with van der Waals surface area (Å²) in [6.07, 6.45) is 2.39. The molecule has 20 heavy (non-hydrogen) atoms. The van der Waals surface area contributed by atoms with Crippen molar-refractivity contribution in [1.82, 2.24) is 9.62 Å². The SMILES string of the molecule is O=S(=O)(c1cc(CNC2CC2)oc1Br)N1CCSCC1. The Morgan fingerprint density at radius 1 is 1.40 bits per heavy atom. The van der Waals surface area contributed by atoms with E-state index in [1.165, 1.54) is 17.1 Å². The zero-order valence-electron chi connectivity index (χ0n) is 11.0. The molecule has 1 aliphatic heterocycles. The molecule has 5 nitrogen and oxygen atoms in total. The summed E-state index contributed by atoms with van der Waals surface area (Å²) in [5.41, 5.74) is 0. The maximum atomic E-state index is 12.6. The minimum Gasteiger partial charge on any atom is -0.452 e. The zero-order valence-corrected chi connectivity index (χ0v) is 14.2. The van der Waals surface area contributed by atoms with Gasteiger partial charge in [0.25, 0.3) is 0 Å². The van der Waals surface area contributed by atoms with E-state index in [1.807, 2.05) is 0 Å². The first-order valence-corrected chi connectivity index (χ1v) is 10.1. The highest BCUT2D eigenvalue weighted by molar-refractivity contribution is 9.10. The second kappa shape index (κ2) is 6.00. The average Bonchev–Trinajstić information content (AvgIpc) is 3.20. The first-order valence-electron chi connectivity index (χ1n) is 6.67. The van der Waals surface area contributed by atoms with Crippen molar-refractivity contribution < 1.29 is 12.8 Å². The molecule has 1 aromatic rings. The van der Waals surface area contributed by atoms with E-state index in [1.54, 1.807) is 17.8 Å². The number of nitrogens with zero attached hydrogens (tertiary/aromatic N) is 1. The Balaban J connectivity index is 1.77. The number of hydrogen-bond donors (Lipinski definition) is 1. The van der Waals surface area contributed by atoms with Crippen LogP contribution in [0, 0.1) is 0 Å². The van der Waals surface area contributed by atoms with Crippen LogP contribution in [-0.4, -0.2) is 43.4 Å².